The van der Waals surface area contributed by atoms with Crippen molar-refractivity contribution in [3.8, 4) is 5.75 Å². The molecule has 3 heterocycles. The van der Waals surface area contributed by atoms with E-state index in [2.05, 4.69) is 20.2 Å². The molecule has 4 aromatic rings. The van der Waals surface area contributed by atoms with E-state index < -0.39 is 0 Å². The zero-order valence-electron chi connectivity index (χ0n) is 16.7. The van der Waals surface area contributed by atoms with Gasteiger partial charge in [0.1, 0.15) is 23.9 Å². The Morgan fingerprint density at radius 1 is 1.00 bits per heavy atom. The van der Waals surface area contributed by atoms with E-state index in [0.717, 1.165) is 39.8 Å². The lowest BCUT2D eigenvalue weighted by Crippen LogP contribution is -2.25. The Kier molecular flexibility index (Phi) is 4.80. The van der Waals surface area contributed by atoms with Crippen LogP contribution in [0.5, 0.6) is 5.75 Å². The van der Waals surface area contributed by atoms with E-state index in [4.69, 9.17) is 10.5 Å². The third-order valence-corrected chi connectivity index (χ3v) is 5.61. The quantitative estimate of drug-likeness (QED) is 0.392. The Labute approximate surface area is 174 Å². The minimum atomic E-state index is -0.189. The van der Waals surface area contributed by atoms with Crippen molar-refractivity contribution in [2.45, 2.75) is 12.8 Å². The van der Waals surface area contributed by atoms with Crippen LogP contribution < -0.4 is 15.8 Å². The number of hydrogen-bond acceptors (Lipinski definition) is 4. The molecule has 7 nitrogen and oxygen atoms in total. The molecule has 0 spiro atoms. The van der Waals surface area contributed by atoms with Gasteiger partial charge in [0, 0.05) is 34.0 Å². The van der Waals surface area contributed by atoms with E-state index in [1.165, 1.54) is 25.9 Å². The fraction of sp³-hybridized carbons (Fsp3) is 0.261. The number of fused-ring (bicyclic) bond motifs is 2. The highest BCUT2D eigenvalue weighted by Gasteiger charge is 2.13. The summed E-state index contributed by atoms with van der Waals surface area (Å²) in [5, 5.41) is 4.85. The number of nitrogens with two attached hydrogens (primary N) is 1. The lowest BCUT2D eigenvalue weighted by atomic mass is 10.2. The Hall–Kier alpha value is -3.45. The molecule has 1 aliphatic heterocycles. The maximum atomic E-state index is 12.7. The second-order valence-corrected chi connectivity index (χ2v) is 7.81. The smallest absolute Gasteiger partial charge is 0.272 e. The number of nitrogens with zero attached hydrogens (tertiary/aromatic N) is 1. The van der Waals surface area contributed by atoms with Crippen LogP contribution >= 0.6 is 0 Å². The Morgan fingerprint density at radius 2 is 1.77 bits per heavy atom. The first kappa shape index (κ1) is 18.6. The second kappa shape index (κ2) is 7.76. The lowest BCUT2D eigenvalue weighted by Gasteiger charge is -2.14. The van der Waals surface area contributed by atoms with Crippen molar-refractivity contribution in [3.05, 3.63) is 54.2 Å². The van der Waals surface area contributed by atoms with Gasteiger partial charge in [0.2, 0.25) is 0 Å². The summed E-state index contributed by atoms with van der Waals surface area (Å²) in [7, 11) is 0. The molecule has 0 unspecified atom stereocenters. The van der Waals surface area contributed by atoms with Gasteiger partial charge in [-0.15, -0.1) is 0 Å². The molecule has 1 aliphatic rings. The van der Waals surface area contributed by atoms with Gasteiger partial charge in [-0.2, -0.15) is 0 Å². The molecular formula is C23H25N5O2. The van der Waals surface area contributed by atoms with Crippen LogP contribution in [0.2, 0.25) is 0 Å². The number of ether oxygens (including phenoxy) is 1. The molecule has 7 heteroatoms. The average Bonchev–Trinajstić information content (AvgIpc) is 3.46. The van der Waals surface area contributed by atoms with Gasteiger partial charge in [-0.25, -0.2) is 0 Å². The van der Waals surface area contributed by atoms with E-state index in [1.54, 1.807) is 0 Å². The highest BCUT2D eigenvalue weighted by Crippen LogP contribution is 2.24. The molecular weight excluding hydrogens is 378 g/mol. The molecule has 0 saturated carbocycles. The highest BCUT2D eigenvalue weighted by molar-refractivity contribution is 6.06. The van der Waals surface area contributed by atoms with E-state index in [-0.39, 0.29) is 5.91 Å². The van der Waals surface area contributed by atoms with Gasteiger partial charge in [0.05, 0.1) is 0 Å². The van der Waals surface area contributed by atoms with Gasteiger partial charge < -0.3 is 25.8 Å². The number of benzene rings is 2. The zero-order chi connectivity index (χ0) is 20.5. The summed E-state index contributed by atoms with van der Waals surface area (Å²) in [6, 6.07) is 15.2. The summed E-state index contributed by atoms with van der Waals surface area (Å²) >= 11 is 0. The van der Waals surface area contributed by atoms with Crippen molar-refractivity contribution in [3.63, 3.8) is 0 Å². The minimum Gasteiger partial charge on any atom is -0.492 e. The molecule has 0 atom stereocenters. The van der Waals surface area contributed by atoms with Crippen LogP contribution in [0.25, 0.3) is 21.8 Å². The van der Waals surface area contributed by atoms with Crippen LogP contribution in [0.15, 0.2) is 48.5 Å². The molecule has 1 fully saturated rings. The van der Waals surface area contributed by atoms with E-state index in [9.17, 15) is 4.79 Å². The Balaban J connectivity index is 1.26. The number of nitrogen functional groups attached to an aromatic ring is 1. The topological polar surface area (TPSA) is 99.2 Å². The summed E-state index contributed by atoms with van der Waals surface area (Å²) in [4.78, 5) is 21.4. The minimum absolute atomic E-state index is 0.189. The maximum Gasteiger partial charge on any atom is 0.272 e. The lowest BCUT2D eigenvalue weighted by molar-refractivity contribution is 0.102. The summed E-state index contributed by atoms with van der Waals surface area (Å²) < 4.78 is 5.92. The van der Waals surface area contributed by atoms with Crippen LogP contribution in [0.4, 0.5) is 11.5 Å². The van der Waals surface area contributed by atoms with Crippen molar-refractivity contribution >= 4 is 39.2 Å². The fourth-order valence-electron chi connectivity index (χ4n) is 4.05. The monoisotopic (exact) mass is 403 g/mol. The molecule has 5 N–H and O–H groups in total. The van der Waals surface area contributed by atoms with Gasteiger partial charge in [0.15, 0.2) is 0 Å². The van der Waals surface area contributed by atoms with E-state index in [1.807, 2.05) is 48.5 Å². The number of H-pyrrole nitrogens is 2. The summed E-state index contributed by atoms with van der Waals surface area (Å²) in [6.07, 6.45) is 2.57. The molecule has 1 amide bonds. The summed E-state index contributed by atoms with van der Waals surface area (Å²) in [6.45, 7) is 3.97. The van der Waals surface area contributed by atoms with E-state index >= 15 is 0 Å². The van der Waals surface area contributed by atoms with Crippen LogP contribution in [-0.2, 0) is 0 Å². The average molecular weight is 403 g/mol. The number of aromatic nitrogens is 2. The maximum absolute atomic E-state index is 12.7. The van der Waals surface area contributed by atoms with Crippen molar-refractivity contribution in [2.24, 2.45) is 0 Å². The largest absolute Gasteiger partial charge is 0.492 e. The van der Waals surface area contributed by atoms with Crippen molar-refractivity contribution in [1.82, 2.24) is 14.9 Å². The first-order valence-corrected chi connectivity index (χ1v) is 10.3. The van der Waals surface area contributed by atoms with Crippen LogP contribution in [0.3, 0.4) is 0 Å². The number of amides is 1. The zero-order valence-corrected chi connectivity index (χ0v) is 16.7. The fourth-order valence-corrected chi connectivity index (χ4v) is 4.05. The molecule has 0 bridgehead atoms. The number of carbonyl (C=O) groups is 1. The summed E-state index contributed by atoms with van der Waals surface area (Å²) in [5.74, 6) is 1.23. The Morgan fingerprint density at radius 3 is 2.63 bits per heavy atom. The molecule has 2 aromatic carbocycles. The molecule has 2 aromatic heterocycles. The van der Waals surface area contributed by atoms with Crippen molar-refractivity contribution < 1.29 is 9.53 Å². The number of nitrogens with one attached hydrogen (secondary N) is 3. The van der Waals surface area contributed by atoms with Crippen molar-refractivity contribution in [2.75, 3.05) is 37.3 Å². The third kappa shape index (κ3) is 3.84. The predicted molar refractivity (Wildman–Crippen MR) is 120 cm³/mol. The van der Waals surface area contributed by atoms with Gasteiger partial charge in [-0.3, -0.25) is 9.69 Å². The molecule has 30 heavy (non-hydrogen) atoms. The number of rotatable bonds is 6. The van der Waals surface area contributed by atoms with Gasteiger partial charge in [0.25, 0.3) is 5.91 Å². The predicted octanol–water partition coefficient (Wildman–Crippen LogP) is 3.96. The SMILES string of the molecule is Nc1cc2cc(NC(=O)c3cc4cc(OCCN5CCCC5)ccc4[nH]3)ccc2[nH]1. The standard InChI is InChI=1S/C23H25N5O2/c24-22-14-15-11-17(3-5-20(15)27-22)25-23(29)21-13-16-12-18(4-6-19(16)26-21)30-10-9-28-7-1-2-8-28/h3-6,11-14,26-27H,1-2,7-10,24H2,(H,25,29). The van der Waals surface area contributed by atoms with Crippen LogP contribution in [-0.4, -0.2) is 47.0 Å². The van der Waals surface area contributed by atoms with Gasteiger partial charge in [-0.1, -0.05) is 0 Å². The number of aromatic amines is 2. The molecule has 0 aliphatic carbocycles. The second-order valence-electron chi connectivity index (χ2n) is 7.81. The number of hydrogen-bond donors (Lipinski definition) is 4. The normalized spacial score (nSPS) is 14.5. The van der Waals surface area contributed by atoms with E-state index in [0.29, 0.717) is 18.1 Å². The first-order chi connectivity index (χ1) is 14.6. The third-order valence-electron chi connectivity index (χ3n) is 5.61. The number of carbonyl (C=O) groups excluding carboxylic acids is 1. The van der Waals surface area contributed by atoms with Crippen molar-refractivity contribution in [1.29, 1.82) is 0 Å². The molecule has 5 rings (SSSR count). The molecule has 1 saturated heterocycles. The number of likely N-dealkylation sites (tertiary alicyclic amines) is 1. The van der Waals surface area contributed by atoms with Gasteiger partial charge in [-0.05, 0) is 74.5 Å². The van der Waals surface area contributed by atoms with Crippen LogP contribution in [0.1, 0.15) is 23.3 Å². The molecule has 0 radical (unpaired) electrons. The first-order valence-electron chi connectivity index (χ1n) is 10.3. The van der Waals surface area contributed by atoms with Gasteiger partial charge >= 0.3 is 0 Å². The molecule has 154 valence electrons. The highest BCUT2D eigenvalue weighted by atomic mass is 16.5. The summed E-state index contributed by atoms with van der Waals surface area (Å²) in [5.41, 5.74) is 8.86. The Bertz CT molecular complexity index is 1200. The number of anilines is 2. The van der Waals surface area contributed by atoms with Crippen LogP contribution in [0, 0.1) is 0 Å².